The Morgan fingerprint density at radius 2 is 1.57 bits per heavy atom. The lowest BCUT2D eigenvalue weighted by Gasteiger charge is -2.15. The monoisotopic (exact) mass is 435 g/mol. The average molecular weight is 436 g/mol. The molecule has 1 aromatic heterocycles. The number of halogens is 2. The number of carbonyl (C=O) groups is 1. The number of para-hydroxylation sites is 1. The van der Waals surface area contributed by atoms with Crippen LogP contribution in [0.15, 0.2) is 78.9 Å². The van der Waals surface area contributed by atoms with Gasteiger partial charge in [-0.15, -0.1) is 12.4 Å². The van der Waals surface area contributed by atoms with Crippen molar-refractivity contribution >= 4 is 53.0 Å². The van der Waals surface area contributed by atoms with Crippen molar-refractivity contribution in [2.45, 2.75) is 6.42 Å². The fourth-order valence-corrected chi connectivity index (χ4v) is 3.55. The Balaban J connectivity index is 0.00000256. The molecule has 1 N–H and O–H groups in total. The summed E-state index contributed by atoms with van der Waals surface area (Å²) < 4.78 is 0. The van der Waals surface area contributed by atoms with Crippen LogP contribution in [0.25, 0.3) is 34.2 Å². The number of aliphatic carboxylic acids is 1. The highest BCUT2D eigenvalue weighted by Crippen LogP contribution is 2.34. The molecule has 3 nitrogen and oxygen atoms in total. The normalized spacial score (nSPS) is 10.8. The van der Waals surface area contributed by atoms with Gasteiger partial charge in [-0.3, -0.25) is 4.79 Å². The van der Waals surface area contributed by atoms with Gasteiger partial charge in [0.1, 0.15) is 0 Å². The van der Waals surface area contributed by atoms with Crippen LogP contribution in [-0.4, -0.2) is 16.1 Å². The van der Waals surface area contributed by atoms with Crippen molar-refractivity contribution in [3.05, 3.63) is 101 Å². The SMILES string of the molecule is Cl.O=C(O)Cc1c(/C=C/c2ccc(Cl)cc2)nc2ccccc2c1-c1ccccc1. The minimum absolute atomic E-state index is 0. The van der Waals surface area contributed by atoms with Crippen molar-refractivity contribution in [3.8, 4) is 11.1 Å². The molecular weight excluding hydrogens is 417 g/mol. The highest BCUT2D eigenvalue weighted by atomic mass is 35.5. The van der Waals surface area contributed by atoms with Gasteiger partial charge in [0.25, 0.3) is 0 Å². The van der Waals surface area contributed by atoms with Gasteiger partial charge < -0.3 is 5.11 Å². The molecule has 0 aliphatic rings. The largest absolute Gasteiger partial charge is 0.481 e. The second-order valence-electron chi connectivity index (χ2n) is 6.69. The molecule has 1 heterocycles. The van der Waals surface area contributed by atoms with Gasteiger partial charge in [-0.2, -0.15) is 0 Å². The molecule has 0 atom stereocenters. The Morgan fingerprint density at radius 1 is 0.900 bits per heavy atom. The van der Waals surface area contributed by atoms with E-state index in [1.165, 1.54) is 0 Å². The summed E-state index contributed by atoms with van der Waals surface area (Å²) >= 11 is 5.96. The van der Waals surface area contributed by atoms with E-state index in [2.05, 4.69) is 0 Å². The third kappa shape index (κ3) is 4.70. The van der Waals surface area contributed by atoms with E-state index in [0.717, 1.165) is 27.6 Å². The van der Waals surface area contributed by atoms with Crippen molar-refractivity contribution in [3.63, 3.8) is 0 Å². The fourth-order valence-electron chi connectivity index (χ4n) is 3.42. The summed E-state index contributed by atoms with van der Waals surface area (Å²) in [4.78, 5) is 16.5. The van der Waals surface area contributed by atoms with Crippen molar-refractivity contribution in [1.29, 1.82) is 0 Å². The Hall–Kier alpha value is -3.14. The molecule has 0 unspecified atom stereocenters. The molecular formula is C25H19Cl2NO2. The molecule has 5 heteroatoms. The molecule has 0 saturated carbocycles. The van der Waals surface area contributed by atoms with Gasteiger partial charge in [0.15, 0.2) is 0 Å². The molecule has 0 saturated heterocycles. The lowest BCUT2D eigenvalue weighted by molar-refractivity contribution is -0.136. The van der Waals surface area contributed by atoms with Crippen LogP contribution in [0.1, 0.15) is 16.8 Å². The molecule has 0 amide bonds. The zero-order valence-corrected chi connectivity index (χ0v) is 17.5. The quantitative estimate of drug-likeness (QED) is 0.375. The van der Waals surface area contributed by atoms with Crippen LogP contribution in [0.4, 0.5) is 0 Å². The molecule has 4 aromatic rings. The molecule has 0 bridgehead atoms. The smallest absolute Gasteiger partial charge is 0.307 e. The number of rotatable bonds is 5. The highest BCUT2D eigenvalue weighted by molar-refractivity contribution is 6.30. The molecule has 0 aliphatic heterocycles. The second kappa shape index (κ2) is 9.57. The molecule has 4 rings (SSSR count). The van der Waals surface area contributed by atoms with Gasteiger partial charge in [-0.05, 0) is 46.5 Å². The Labute approximate surface area is 186 Å². The number of nitrogens with zero attached hydrogens (tertiary/aromatic N) is 1. The van der Waals surface area contributed by atoms with Crippen molar-refractivity contribution < 1.29 is 9.90 Å². The third-order valence-electron chi connectivity index (χ3n) is 4.72. The lowest BCUT2D eigenvalue weighted by atomic mass is 9.92. The first-order valence-electron chi connectivity index (χ1n) is 9.24. The van der Waals surface area contributed by atoms with Gasteiger partial charge in [0.05, 0.1) is 17.6 Å². The summed E-state index contributed by atoms with van der Waals surface area (Å²) in [5, 5.41) is 11.2. The second-order valence-corrected chi connectivity index (χ2v) is 7.13. The van der Waals surface area contributed by atoms with E-state index >= 15 is 0 Å². The Bertz CT molecular complexity index is 1200. The molecule has 0 spiro atoms. The van der Waals surface area contributed by atoms with Gasteiger partial charge in [0, 0.05) is 10.4 Å². The van der Waals surface area contributed by atoms with E-state index in [1.807, 2.05) is 91.0 Å². The zero-order chi connectivity index (χ0) is 20.2. The summed E-state index contributed by atoms with van der Waals surface area (Å²) in [6.45, 7) is 0. The van der Waals surface area contributed by atoms with Crippen molar-refractivity contribution in [2.24, 2.45) is 0 Å². The predicted molar refractivity (Wildman–Crippen MR) is 126 cm³/mol. The number of hydrogen-bond donors (Lipinski definition) is 1. The van der Waals surface area contributed by atoms with Crippen LogP contribution in [0.2, 0.25) is 5.02 Å². The first kappa shape index (κ1) is 21.6. The number of hydrogen-bond acceptors (Lipinski definition) is 2. The number of pyridine rings is 1. The van der Waals surface area contributed by atoms with E-state index in [9.17, 15) is 9.90 Å². The summed E-state index contributed by atoms with van der Waals surface area (Å²) in [6.07, 6.45) is 3.69. The Kier molecular flexibility index (Phi) is 6.88. The molecule has 0 aliphatic carbocycles. The van der Waals surface area contributed by atoms with Gasteiger partial charge in [-0.25, -0.2) is 4.98 Å². The standard InChI is InChI=1S/C25H18ClNO2.ClH/c26-19-13-10-17(11-14-19)12-15-23-21(16-24(28)29)25(18-6-2-1-3-7-18)20-8-4-5-9-22(20)27-23;/h1-15H,16H2,(H,28,29);1H/b15-12+;. The van der Waals surface area contributed by atoms with Crippen molar-refractivity contribution in [2.75, 3.05) is 0 Å². The predicted octanol–water partition coefficient (Wildman–Crippen LogP) is 6.77. The number of carboxylic acids is 1. The molecule has 0 radical (unpaired) electrons. The Morgan fingerprint density at radius 3 is 2.27 bits per heavy atom. The molecule has 150 valence electrons. The van der Waals surface area contributed by atoms with E-state index < -0.39 is 5.97 Å². The minimum atomic E-state index is -0.889. The van der Waals surface area contributed by atoms with Gasteiger partial charge in [0.2, 0.25) is 0 Å². The van der Waals surface area contributed by atoms with Crippen LogP contribution in [0.3, 0.4) is 0 Å². The maximum Gasteiger partial charge on any atom is 0.307 e. The molecule has 3 aromatic carbocycles. The topological polar surface area (TPSA) is 50.2 Å². The van der Waals surface area contributed by atoms with Crippen LogP contribution in [-0.2, 0) is 11.2 Å². The van der Waals surface area contributed by atoms with E-state index in [4.69, 9.17) is 16.6 Å². The van der Waals surface area contributed by atoms with E-state index in [1.54, 1.807) is 0 Å². The van der Waals surface area contributed by atoms with E-state index in [0.29, 0.717) is 16.3 Å². The first-order chi connectivity index (χ1) is 14.1. The van der Waals surface area contributed by atoms with Crippen LogP contribution in [0, 0.1) is 0 Å². The summed E-state index contributed by atoms with van der Waals surface area (Å²) in [5.41, 5.74) is 5.04. The number of aromatic nitrogens is 1. The summed E-state index contributed by atoms with van der Waals surface area (Å²) in [5.74, 6) is -0.889. The lowest BCUT2D eigenvalue weighted by Crippen LogP contribution is -2.06. The van der Waals surface area contributed by atoms with Crippen LogP contribution >= 0.6 is 24.0 Å². The summed E-state index contributed by atoms with van der Waals surface area (Å²) in [7, 11) is 0. The maximum absolute atomic E-state index is 11.7. The van der Waals surface area contributed by atoms with Gasteiger partial charge in [-0.1, -0.05) is 78.3 Å². The van der Waals surface area contributed by atoms with Crippen LogP contribution in [0.5, 0.6) is 0 Å². The number of carboxylic acid groups (broad SMARTS) is 1. The van der Waals surface area contributed by atoms with Gasteiger partial charge >= 0.3 is 5.97 Å². The van der Waals surface area contributed by atoms with E-state index in [-0.39, 0.29) is 18.8 Å². The molecule has 0 fully saturated rings. The number of fused-ring (bicyclic) bond motifs is 1. The first-order valence-corrected chi connectivity index (χ1v) is 9.62. The van der Waals surface area contributed by atoms with Crippen LogP contribution < -0.4 is 0 Å². The van der Waals surface area contributed by atoms with Crippen molar-refractivity contribution in [1.82, 2.24) is 4.98 Å². The number of benzene rings is 3. The average Bonchev–Trinajstić information content (AvgIpc) is 2.73. The molecule has 30 heavy (non-hydrogen) atoms. The maximum atomic E-state index is 11.7. The minimum Gasteiger partial charge on any atom is -0.481 e. The third-order valence-corrected chi connectivity index (χ3v) is 4.97. The highest BCUT2D eigenvalue weighted by Gasteiger charge is 2.17. The summed E-state index contributed by atoms with van der Waals surface area (Å²) in [6, 6.07) is 25.2. The zero-order valence-electron chi connectivity index (χ0n) is 16.0. The fraction of sp³-hybridized carbons (Fsp3) is 0.0400.